The molecule has 15 heteroatoms. The molecule has 1 amide bonds. The molecule has 0 saturated carbocycles. The fourth-order valence-electron chi connectivity index (χ4n) is 3.97. The molecule has 3 aromatic rings. The third-order valence-corrected chi connectivity index (χ3v) is 7.73. The van der Waals surface area contributed by atoms with Crippen LogP contribution in [-0.4, -0.2) is 53.9 Å². The van der Waals surface area contributed by atoms with E-state index in [1.807, 2.05) is 6.92 Å². The number of benzene rings is 2. The van der Waals surface area contributed by atoms with Crippen LogP contribution in [0.1, 0.15) is 25.8 Å². The van der Waals surface area contributed by atoms with Gasteiger partial charge in [0.1, 0.15) is 5.56 Å². The monoisotopic (exact) mass is 614 g/mol. The Labute approximate surface area is 241 Å². The van der Waals surface area contributed by atoms with Gasteiger partial charge in [0.25, 0.3) is 31.7 Å². The molecule has 2 heterocycles. The molecule has 0 atom stereocenters. The summed E-state index contributed by atoms with van der Waals surface area (Å²) in [5.74, 6) is -0.237. The minimum absolute atomic E-state index is 0.186. The van der Waals surface area contributed by atoms with Gasteiger partial charge in [0.2, 0.25) is 5.88 Å². The highest BCUT2D eigenvalue weighted by molar-refractivity contribution is 7.86. The summed E-state index contributed by atoms with van der Waals surface area (Å²) in [6.07, 6.45) is 8.30. The van der Waals surface area contributed by atoms with E-state index in [0.29, 0.717) is 29.1 Å². The summed E-state index contributed by atoms with van der Waals surface area (Å²) >= 11 is 0. The van der Waals surface area contributed by atoms with E-state index in [-0.39, 0.29) is 27.8 Å². The van der Waals surface area contributed by atoms with Crippen molar-refractivity contribution in [3.8, 4) is 11.6 Å². The van der Waals surface area contributed by atoms with Crippen LogP contribution in [0.15, 0.2) is 98.1 Å². The normalized spacial score (nSPS) is 15.3. The molecular weight excluding hydrogens is 588 g/mol. The van der Waals surface area contributed by atoms with E-state index in [9.17, 15) is 31.0 Å². The van der Waals surface area contributed by atoms with Gasteiger partial charge in [0.05, 0.1) is 39.1 Å². The number of hydrazone groups is 1. The third kappa shape index (κ3) is 6.49. The number of aromatic amines is 1. The lowest BCUT2D eigenvalue weighted by Crippen LogP contribution is -2.21. The number of carbonyl (C=O) groups is 1. The van der Waals surface area contributed by atoms with Crippen molar-refractivity contribution in [2.24, 2.45) is 5.10 Å². The second-order valence-corrected chi connectivity index (χ2v) is 11.6. The first-order chi connectivity index (χ1) is 19.8. The molecule has 0 saturated heterocycles. The molecule has 0 unspecified atom stereocenters. The molecule has 0 bridgehead atoms. The van der Waals surface area contributed by atoms with Gasteiger partial charge in [0.15, 0.2) is 0 Å². The highest BCUT2D eigenvalue weighted by atomic mass is 32.2. The summed E-state index contributed by atoms with van der Waals surface area (Å²) in [7, 11) is -8.76. The zero-order chi connectivity index (χ0) is 30.7. The van der Waals surface area contributed by atoms with Gasteiger partial charge in [-0.3, -0.25) is 23.8 Å². The molecular formula is C27H26N4O9S2. The third-order valence-electron chi connectivity index (χ3n) is 5.99. The smallest absolute Gasteiger partial charge is 0.294 e. The number of rotatable bonds is 10. The number of aromatic nitrogens is 2. The summed E-state index contributed by atoms with van der Waals surface area (Å²) in [5.41, 5.74) is 1.21. The molecule has 1 aromatic heterocycles. The number of nitrogens with zero attached hydrogens (tertiary/aromatic N) is 3. The van der Waals surface area contributed by atoms with Crippen molar-refractivity contribution in [2.45, 2.75) is 30.1 Å². The molecule has 2 aromatic carbocycles. The molecule has 42 heavy (non-hydrogen) atoms. The van der Waals surface area contributed by atoms with Gasteiger partial charge < -0.3 is 4.74 Å². The topological polar surface area (TPSA) is 188 Å². The van der Waals surface area contributed by atoms with Crippen LogP contribution in [0, 0.1) is 0 Å². The Kier molecular flexibility index (Phi) is 8.77. The lowest BCUT2D eigenvalue weighted by Gasteiger charge is -2.11. The maximum Gasteiger partial charge on any atom is 0.294 e. The Morgan fingerprint density at radius 3 is 1.95 bits per heavy atom. The highest BCUT2D eigenvalue weighted by Crippen LogP contribution is 2.26. The molecule has 1 aliphatic rings. The average Bonchev–Trinajstić information content (AvgIpc) is 3.43. The number of hydrogen-bond acceptors (Lipinski definition) is 8. The zero-order valence-electron chi connectivity index (χ0n) is 22.3. The van der Waals surface area contributed by atoms with Crippen LogP contribution >= 0.6 is 0 Å². The summed E-state index contributed by atoms with van der Waals surface area (Å²) in [6, 6.07) is 10.1. The van der Waals surface area contributed by atoms with Gasteiger partial charge in [-0.15, -0.1) is 0 Å². The predicted molar refractivity (Wildman–Crippen MR) is 155 cm³/mol. The van der Waals surface area contributed by atoms with E-state index in [1.54, 1.807) is 31.2 Å². The van der Waals surface area contributed by atoms with E-state index < -0.39 is 31.7 Å². The number of nitrogens with one attached hydrogen (secondary N) is 1. The van der Waals surface area contributed by atoms with Crippen molar-refractivity contribution in [3.63, 3.8) is 0 Å². The molecule has 0 spiro atoms. The van der Waals surface area contributed by atoms with Crippen molar-refractivity contribution in [1.82, 2.24) is 9.78 Å². The van der Waals surface area contributed by atoms with Crippen molar-refractivity contribution >= 4 is 43.6 Å². The van der Waals surface area contributed by atoms with Crippen LogP contribution in [0.3, 0.4) is 0 Å². The minimum atomic E-state index is -4.38. The van der Waals surface area contributed by atoms with Gasteiger partial charge in [-0.1, -0.05) is 25.2 Å². The van der Waals surface area contributed by atoms with Gasteiger partial charge in [-0.25, -0.2) is 4.68 Å². The molecule has 13 nitrogen and oxygen atoms in total. The Balaban J connectivity index is 1.55. The summed E-state index contributed by atoms with van der Waals surface area (Å²) < 4.78 is 70.3. The maximum atomic E-state index is 13.1. The molecule has 1 aliphatic heterocycles. The first-order valence-corrected chi connectivity index (χ1v) is 15.3. The van der Waals surface area contributed by atoms with E-state index in [2.05, 4.69) is 10.2 Å². The lowest BCUT2D eigenvalue weighted by atomic mass is 10.1. The van der Waals surface area contributed by atoms with E-state index in [4.69, 9.17) is 9.29 Å². The molecule has 0 fully saturated rings. The zero-order valence-corrected chi connectivity index (χ0v) is 24.0. The minimum Gasteiger partial charge on any atom is -0.478 e. The molecule has 0 aliphatic carbocycles. The Hall–Kier alpha value is -4.57. The average molecular weight is 615 g/mol. The number of allylic oxidation sites excluding steroid dienone is 4. The maximum absolute atomic E-state index is 13.1. The van der Waals surface area contributed by atoms with Crippen molar-refractivity contribution in [1.29, 1.82) is 0 Å². The van der Waals surface area contributed by atoms with Crippen LogP contribution in [-0.2, 0) is 25.0 Å². The van der Waals surface area contributed by atoms with Crippen LogP contribution in [0.4, 0.5) is 5.69 Å². The second kappa shape index (κ2) is 12.1. The summed E-state index contributed by atoms with van der Waals surface area (Å²) in [4.78, 5) is 25.5. The quantitative estimate of drug-likeness (QED) is 0.175. The molecule has 4 rings (SSSR count). The van der Waals surface area contributed by atoms with E-state index >= 15 is 0 Å². The first-order valence-electron chi connectivity index (χ1n) is 12.5. The van der Waals surface area contributed by atoms with Gasteiger partial charge in [0, 0.05) is 0 Å². The summed E-state index contributed by atoms with van der Waals surface area (Å²) in [6.45, 7) is 3.84. The molecule has 3 N–H and O–H groups in total. The van der Waals surface area contributed by atoms with E-state index in [1.165, 1.54) is 47.2 Å². The van der Waals surface area contributed by atoms with Crippen molar-refractivity contribution < 1.29 is 35.5 Å². The predicted octanol–water partition coefficient (Wildman–Crippen LogP) is 3.37. The number of H-pyrrole nitrogens is 1. The SMILES string of the molecule is CCOc1[nH]n(-c2ccc(S(=O)(=O)O)cc2)c(=O)c1/C=C/C=C/C=C1/C(=O)N(c2ccc(S(=O)(=O)O)cc2)N=C1CC. The Morgan fingerprint density at radius 1 is 0.857 bits per heavy atom. The fraction of sp³-hybridized carbons (Fsp3) is 0.148. The largest absolute Gasteiger partial charge is 0.478 e. The number of carbonyl (C=O) groups excluding carboxylic acids is 1. The molecule has 220 valence electrons. The van der Waals surface area contributed by atoms with Crippen LogP contribution in [0.25, 0.3) is 11.8 Å². The Bertz CT molecular complexity index is 1900. The van der Waals surface area contributed by atoms with E-state index in [0.717, 1.165) is 17.1 Å². The van der Waals surface area contributed by atoms with Crippen LogP contribution in [0.5, 0.6) is 5.88 Å². The Morgan fingerprint density at radius 2 is 1.43 bits per heavy atom. The molecule has 0 radical (unpaired) electrons. The number of ether oxygens (including phenoxy) is 1. The first kappa shape index (κ1) is 30.4. The van der Waals surface area contributed by atoms with Gasteiger partial charge in [-0.05, 0) is 74.0 Å². The van der Waals surface area contributed by atoms with Crippen LogP contribution in [0.2, 0.25) is 0 Å². The van der Waals surface area contributed by atoms with Gasteiger partial charge >= 0.3 is 0 Å². The summed E-state index contributed by atoms with van der Waals surface area (Å²) in [5, 5.41) is 8.30. The fourth-order valence-corrected chi connectivity index (χ4v) is 4.93. The standard InChI is InChI=1S/C27H26N4O9S2/c1-3-24-22(26(32)30(28-24)18-10-14-20(15-11-18)41(34,35)36)8-6-5-7-9-23-25(40-4-2)29-31(27(23)33)19-12-16-21(17-13-19)42(37,38)39/h5-17,29H,3-4H2,1-2H3,(H,34,35,36)(H,37,38,39)/b6-5+,9-7+,22-8+. The van der Waals surface area contributed by atoms with Crippen molar-refractivity contribution in [2.75, 3.05) is 11.6 Å². The number of amides is 1. The number of anilines is 1. The van der Waals surface area contributed by atoms with Gasteiger partial charge in [-0.2, -0.15) is 26.9 Å². The highest BCUT2D eigenvalue weighted by Gasteiger charge is 2.29. The number of hydrogen-bond donors (Lipinski definition) is 3. The second-order valence-electron chi connectivity index (χ2n) is 8.71. The van der Waals surface area contributed by atoms with Crippen LogP contribution < -0.4 is 15.3 Å². The van der Waals surface area contributed by atoms with Crippen molar-refractivity contribution in [3.05, 3.63) is 94.3 Å². The lowest BCUT2D eigenvalue weighted by molar-refractivity contribution is -0.114.